The number of hydrogen-bond donors (Lipinski definition) is 1. The van der Waals surface area contributed by atoms with Gasteiger partial charge in [0.25, 0.3) is 0 Å². The lowest BCUT2D eigenvalue weighted by Crippen LogP contribution is -2.41. The molecule has 1 saturated heterocycles. The predicted octanol–water partition coefficient (Wildman–Crippen LogP) is 4.57. The maximum atomic E-state index is 9.28. The molecule has 4 rings (SSSR count). The Morgan fingerprint density at radius 2 is 1.79 bits per heavy atom. The molecule has 0 aliphatic carbocycles. The van der Waals surface area contributed by atoms with Crippen LogP contribution in [0.1, 0.15) is 66.7 Å². The molecule has 1 fully saturated rings. The van der Waals surface area contributed by atoms with Gasteiger partial charge in [0.2, 0.25) is 0 Å². The monoisotopic (exact) mass is 539 g/mol. The SMILES string of the molecule is C[SiH](C)OC(c1cccc(-n2ncc3c(OCCCO)cc(B4OC(C)(C)C(C)(C)O4)cc32)n1)C(C)(C)C. The summed E-state index contributed by atoms with van der Waals surface area (Å²) in [6.45, 7) is 19.5. The Hall–Kier alpha value is -2.24. The summed E-state index contributed by atoms with van der Waals surface area (Å²) < 4.78 is 27.1. The molecule has 1 aliphatic rings. The molecule has 1 aliphatic heterocycles. The molecular weight excluding hydrogens is 497 g/mol. The number of ether oxygens (including phenoxy) is 1. The van der Waals surface area contributed by atoms with Crippen molar-refractivity contribution in [3.8, 4) is 11.6 Å². The Morgan fingerprint density at radius 3 is 2.39 bits per heavy atom. The molecule has 8 nitrogen and oxygen atoms in total. The summed E-state index contributed by atoms with van der Waals surface area (Å²) >= 11 is 0. The van der Waals surface area contributed by atoms with Gasteiger partial charge in [0.15, 0.2) is 14.9 Å². The number of rotatable bonds is 9. The lowest BCUT2D eigenvalue weighted by molar-refractivity contribution is 0.00578. The Kier molecular flexibility index (Phi) is 8.12. The van der Waals surface area contributed by atoms with E-state index in [4.69, 9.17) is 28.6 Å². The first-order valence-corrected chi connectivity index (χ1v) is 16.3. The second-order valence-corrected chi connectivity index (χ2v) is 14.7. The molecule has 1 aromatic carbocycles. The topological polar surface area (TPSA) is 87.9 Å². The Balaban J connectivity index is 1.81. The summed E-state index contributed by atoms with van der Waals surface area (Å²) in [6, 6.07) is 9.98. The molecule has 38 heavy (non-hydrogen) atoms. The molecule has 10 heteroatoms. The minimum absolute atomic E-state index is 0.0618. The normalized spacial score (nSPS) is 17.9. The van der Waals surface area contributed by atoms with E-state index in [9.17, 15) is 5.11 Å². The quantitative estimate of drug-likeness (QED) is 0.315. The van der Waals surface area contributed by atoms with Gasteiger partial charge in [-0.3, -0.25) is 0 Å². The highest BCUT2D eigenvalue weighted by atomic mass is 28.3. The summed E-state index contributed by atoms with van der Waals surface area (Å²) in [5.74, 6) is 1.37. The average molecular weight is 540 g/mol. The van der Waals surface area contributed by atoms with Crippen molar-refractivity contribution in [1.29, 1.82) is 0 Å². The lowest BCUT2D eigenvalue weighted by Gasteiger charge is -2.32. The molecule has 206 valence electrons. The predicted molar refractivity (Wildman–Crippen MR) is 154 cm³/mol. The van der Waals surface area contributed by atoms with Crippen molar-refractivity contribution >= 4 is 32.5 Å². The Labute approximate surface area is 228 Å². The Bertz CT molecular complexity index is 1260. The van der Waals surface area contributed by atoms with Crippen LogP contribution in [0.2, 0.25) is 13.1 Å². The van der Waals surface area contributed by atoms with E-state index in [1.54, 1.807) is 6.20 Å². The van der Waals surface area contributed by atoms with Crippen LogP contribution in [0.5, 0.6) is 5.75 Å². The molecule has 0 radical (unpaired) electrons. The standard InChI is InChI=1S/C28H42BN3O5Si/c1-26(2,3)25(35-38(8)9)21-12-10-13-24(31-21)32-22-16-19(29-36-27(4,5)28(6,7)37-29)17-23(20(22)18-30-32)34-15-11-14-33/h10,12-13,16-18,25,33,38H,11,14-15H2,1-9H3. The molecule has 0 amide bonds. The molecule has 1 unspecified atom stereocenters. The lowest BCUT2D eigenvalue weighted by atomic mass is 9.78. The third-order valence-electron chi connectivity index (χ3n) is 7.19. The van der Waals surface area contributed by atoms with Crippen LogP contribution in [0.25, 0.3) is 16.7 Å². The Morgan fingerprint density at radius 1 is 1.11 bits per heavy atom. The zero-order valence-electron chi connectivity index (χ0n) is 24.2. The molecule has 1 N–H and O–H groups in total. The molecule has 0 bridgehead atoms. The van der Waals surface area contributed by atoms with E-state index >= 15 is 0 Å². The number of aliphatic hydroxyl groups is 1. The smallest absolute Gasteiger partial charge is 0.493 e. The van der Waals surface area contributed by atoms with Gasteiger partial charge in [0, 0.05) is 13.0 Å². The summed E-state index contributed by atoms with van der Waals surface area (Å²) in [5.41, 5.74) is 1.53. The van der Waals surface area contributed by atoms with Crippen LogP contribution in [0.4, 0.5) is 0 Å². The molecule has 2 aromatic heterocycles. The fourth-order valence-electron chi connectivity index (χ4n) is 4.47. The minimum atomic E-state index is -1.30. The highest BCUT2D eigenvalue weighted by Crippen LogP contribution is 2.38. The first-order chi connectivity index (χ1) is 17.7. The van der Waals surface area contributed by atoms with Crippen molar-refractivity contribution in [3.63, 3.8) is 0 Å². The molecule has 0 spiro atoms. The van der Waals surface area contributed by atoms with Crippen LogP contribution in [0.3, 0.4) is 0 Å². The largest absolute Gasteiger partial charge is 0.495 e. The van der Waals surface area contributed by atoms with Gasteiger partial charge in [-0.25, -0.2) is 9.67 Å². The number of aromatic nitrogens is 3. The number of nitrogens with zero attached hydrogens (tertiary/aromatic N) is 3. The molecule has 3 heterocycles. The number of benzene rings is 1. The van der Waals surface area contributed by atoms with E-state index < -0.39 is 27.4 Å². The highest BCUT2D eigenvalue weighted by molar-refractivity contribution is 6.62. The van der Waals surface area contributed by atoms with Crippen LogP contribution >= 0.6 is 0 Å². The maximum absolute atomic E-state index is 9.28. The minimum Gasteiger partial charge on any atom is -0.493 e. The van der Waals surface area contributed by atoms with Crippen molar-refractivity contribution in [2.24, 2.45) is 5.41 Å². The molecule has 1 atom stereocenters. The maximum Gasteiger partial charge on any atom is 0.495 e. The van der Waals surface area contributed by atoms with E-state index in [1.807, 2.05) is 62.7 Å². The van der Waals surface area contributed by atoms with E-state index in [-0.39, 0.29) is 18.1 Å². The van der Waals surface area contributed by atoms with Crippen LogP contribution in [-0.4, -0.2) is 60.4 Å². The van der Waals surface area contributed by atoms with Gasteiger partial charge in [-0.05, 0) is 75.9 Å². The average Bonchev–Trinajstić information content (AvgIpc) is 3.34. The summed E-state index contributed by atoms with van der Waals surface area (Å²) in [7, 11) is -1.86. The van der Waals surface area contributed by atoms with Crippen molar-refractivity contribution in [2.45, 2.75) is 85.3 Å². The zero-order valence-corrected chi connectivity index (χ0v) is 25.4. The zero-order chi connectivity index (χ0) is 27.9. The van der Waals surface area contributed by atoms with Crippen LogP contribution < -0.4 is 10.2 Å². The highest BCUT2D eigenvalue weighted by Gasteiger charge is 2.52. The fourth-order valence-corrected chi connectivity index (χ4v) is 5.56. The molecular formula is C28H42BN3O5Si. The third-order valence-corrected chi connectivity index (χ3v) is 8.01. The van der Waals surface area contributed by atoms with E-state index in [0.29, 0.717) is 24.6 Å². The van der Waals surface area contributed by atoms with Crippen LogP contribution in [-0.2, 0) is 13.7 Å². The van der Waals surface area contributed by atoms with Crippen LogP contribution in [0.15, 0.2) is 36.5 Å². The van der Waals surface area contributed by atoms with E-state index in [1.165, 1.54) is 0 Å². The first kappa shape index (κ1) is 28.8. The number of aliphatic hydroxyl groups excluding tert-OH is 1. The first-order valence-electron chi connectivity index (χ1n) is 13.5. The summed E-state index contributed by atoms with van der Waals surface area (Å²) in [6.07, 6.45) is 2.21. The number of pyridine rings is 1. The molecule has 0 saturated carbocycles. The fraction of sp³-hybridized carbons (Fsp3) is 0.571. The van der Waals surface area contributed by atoms with Gasteiger partial charge in [0.05, 0.1) is 46.7 Å². The van der Waals surface area contributed by atoms with Crippen molar-refractivity contribution in [2.75, 3.05) is 13.2 Å². The van der Waals surface area contributed by atoms with Gasteiger partial charge in [0.1, 0.15) is 5.75 Å². The third kappa shape index (κ3) is 5.84. The van der Waals surface area contributed by atoms with E-state index in [0.717, 1.165) is 22.1 Å². The summed E-state index contributed by atoms with van der Waals surface area (Å²) in [5, 5.41) is 14.9. The van der Waals surface area contributed by atoms with E-state index in [2.05, 4.69) is 33.9 Å². The van der Waals surface area contributed by atoms with Gasteiger partial charge in [-0.2, -0.15) is 5.10 Å². The number of fused-ring (bicyclic) bond motifs is 1. The second-order valence-electron chi connectivity index (χ2n) is 12.4. The van der Waals surface area contributed by atoms with Crippen molar-refractivity contribution in [3.05, 3.63) is 42.2 Å². The molecule has 3 aromatic rings. The van der Waals surface area contributed by atoms with Crippen molar-refractivity contribution < 1.29 is 23.6 Å². The van der Waals surface area contributed by atoms with Gasteiger partial charge in [-0.15, -0.1) is 0 Å². The summed E-state index contributed by atoms with van der Waals surface area (Å²) in [4.78, 5) is 5.02. The second kappa shape index (κ2) is 10.7. The van der Waals surface area contributed by atoms with Gasteiger partial charge >= 0.3 is 7.12 Å². The van der Waals surface area contributed by atoms with Crippen LogP contribution in [0, 0.1) is 5.41 Å². The van der Waals surface area contributed by atoms with Crippen molar-refractivity contribution in [1.82, 2.24) is 14.8 Å². The number of hydrogen-bond acceptors (Lipinski definition) is 7. The van der Waals surface area contributed by atoms with Gasteiger partial charge in [-0.1, -0.05) is 26.8 Å². The van der Waals surface area contributed by atoms with Gasteiger partial charge < -0.3 is 23.6 Å².